The maximum absolute atomic E-state index is 8.70. The summed E-state index contributed by atoms with van der Waals surface area (Å²) in [6.07, 6.45) is 0.404. The lowest BCUT2D eigenvalue weighted by Crippen LogP contribution is -2.05. The minimum Gasteiger partial charge on any atom is -0.494 e. The van der Waals surface area contributed by atoms with E-state index in [9.17, 15) is 0 Å². The Bertz CT molecular complexity index is 934. The Morgan fingerprint density at radius 3 is 2.74 bits per heavy atom. The van der Waals surface area contributed by atoms with Gasteiger partial charge in [-0.3, -0.25) is 0 Å². The number of tetrazole rings is 1. The predicted octanol–water partition coefficient (Wildman–Crippen LogP) is 3.22. The van der Waals surface area contributed by atoms with E-state index in [1.165, 1.54) is 11.8 Å². The summed E-state index contributed by atoms with van der Waals surface area (Å²) in [4.78, 5) is 0. The maximum atomic E-state index is 8.70. The van der Waals surface area contributed by atoms with Gasteiger partial charge in [-0.1, -0.05) is 30.0 Å². The van der Waals surface area contributed by atoms with Crippen LogP contribution in [-0.2, 0) is 6.42 Å². The maximum Gasteiger partial charge on any atom is 0.214 e. The molecule has 0 radical (unpaired) electrons. The van der Waals surface area contributed by atoms with Gasteiger partial charge in [-0.2, -0.15) is 9.94 Å². The Hall–Kier alpha value is -3.05. The van der Waals surface area contributed by atoms with Gasteiger partial charge in [0, 0.05) is 5.75 Å². The van der Waals surface area contributed by atoms with Gasteiger partial charge in [-0.25, -0.2) is 0 Å². The van der Waals surface area contributed by atoms with Crippen molar-refractivity contribution in [3.63, 3.8) is 0 Å². The van der Waals surface area contributed by atoms with E-state index >= 15 is 0 Å². The number of methoxy groups -OCH3 is 1. The van der Waals surface area contributed by atoms with Crippen molar-refractivity contribution in [2.45, 2.75) is 18.5 Å². The second-order valence-corrected chi connectivity index (χ2v) is 6.79. The lowest BCUT2D eigenvalue weighted by Gasteiger charge is -2.10. The Balaban J connectivity index is 1.59. The Morgan fingerprint density at radius 1 is 1.19 bits per heavy atom. The van der Waals surface area contributed by atoms with Gasteiger partial charge in [-0.05, 0) is 52.7 Å². The predicted molar refractivity (Wildman–Crippen MR) is 102 cm³/mol. The molecule has 3 aromatic rings. The molecule has 1 heterocycles. The van der Waals surface area contributed by atoms with Crippen LogP contribution in [-0.4, -0.2) is 39.7 Å². The normalized spacial score (nSPS) is 10.4. The molecule has 1 aromatic heterocycles. The molecule has 0 aliphatic heterocycles. The average Bonchev–Trinajstić information content (AvgIpc) is 3.15. The number of rotatable bonds is 8. The van der Waals surface area contributed by atoms with Crippen LogP contribution in [0.15, 0.2) is 47.6 Å². The van der Waals surface area contributed by atoms with Gasteiger partial charge in [-0.15, -0.1) is 5.10 Å². The molecule has 7 nitrogen and oxygen atoms in total. The van der Waals surface area contributed by atoms with Gasteiger partial charge in [0.05, 0.1) is 26.2 Å². The fraction of sp³-hybridized carbons (Fsp3) is 0.263. The highest BCUT2D eigenvalue weighted by molar-refractivity contribution is 7.99. The number of benzene rings is 2. The Labute approximate surface area is 161 Å². The number of aryl methyl sites for hydroxylation is 1. The lowest BCUT2D eigenvalue weighted by atomic mass is 10.2. The smallest absolute Gasteiger partial charge is 0.214 e. The third-order valence-electron chi connectivity index (χ3n) is 3.79. The molecule has 0 N–H and O–H groups in total. The van der Waals surface area contributed by atoms with Crippen molar-refractivity contribution < 1.29 is 9.47 Å². The quantitative estimate of drug-likeness (QED) is 0.437. The van der Waals surface area contributed by atoms with E-state index in [-0.39, 0.29) is 0 Å². The van der Waals surface area contributed by atoms with Crippen molar-refractivity contribution in [1.29, 1.82) is 5.26 Å². The van der Waals surface area contributed by atoms with Gasteiger partial charge >= 0.3 is 0 Å². The molecule has 27 heavy (non-hydrogen) atoms. The minimum absolute atomic E-state index is 0.404. The number of thioether (sulfide) groups is 1. The van der Waals surface area contributed by atoms with Crippen LogP contribution < -0.4 is 9.47 Å². The topological polar surface area (TPSA) is 85.8 Å². The molecule has 0 fully saturated rings. The summed E-state index contributed by atoms with van der Waals surface area (Å²) in [6.45, 7) is 2.52. The highest BCUT2D eigenvalue weighted by atomic mass is 32.2. The summed E-state index contributed by atoms with van der Waals surface area (Å²) < 4.78 is 12.8. The van der Waals surface area contributed by atoms with E-state index in [1.54, 1.807) is 11.8 Å². The zero-order valence-corrected chi connectivity index (χ0v) is 15.9. The number of nitrogens with zero attached hydrogens (tertiary/aromatic N) is 5. The van der Waals surface area contributed by atoms with Crippen LogP contribution >= 0.6 is 11.8 Å². The summed E-state index contributed by atoms with van der Waals surface area (Å²) in [5.74, 6) is 2.18. The lowest BCUT2D eigenvalue weighted by molar-refractivity contribution is 0.343. The number of aromatic nitrogens is 4. The van der Waals surface area contributed by atoms with Crippen LogP contribution in [0.3, 0.4) is 0 Å². The molecule has 8 heteroatoms. The molecular weight excluding hydrogens is 362 g/mol. The molecule has 0 unspecified atom stereocenters. The van der Waals surface area contributed by atoms with Crippen LogP contribution in [0.25, 0.3) is 5.69 Å². The van der Waals surface area contributed by atoms with E-state index < -0.39 is 0 Å². The van der Waals surface area contributed by atoms with Crippen LogP contribution in [0.5, 0.6) is 11.5 Å². The molecule has 0 aliphatic carbocycles. The first-order valence-electron chi connectivity index (χ1n) is 8.36. The van der Waals surface area contributed by atoms with Crippen molar-refractivity contribution in [3.8, 4) is 23.3 Å². The van der Waals surface area contributed by atoms with Crippen molar-refractivity contribution in [2.24, 2.45) is 0 Å². The zero-order valence-electron chi connectivity index (χ0n) is 15.1. The summed E-state index contributed by atoms with van der Waals surface area (Å²) in [5.41, 5.74) is 2.88. The van der Waals surface area contributed by atoms with Crippen LogP contribution in [0.1, 0.15) is 11.1 Å². The summed E-state index contributed by atoms with van der Waals surface area (Å²) >= 11 is 1.51. The van der Waals surface area contributed by atoms with Crippen molar-refractivity contribution in [3.05, 3.63) is 53.6 Å². The van der Waals surface area contributed by atoms with Gasteiger partial charge in [0.2, 0.25) is 5.16 Å². The minimum atomic E-state index is 0.404. The van der Waals surface area contributed by atoms with E-state index in [1.807, 2.05) is 49.4 Å². The third-order valence-corrected chi connectivity index (χ3v) is 4.68. The standard InChI is InChI=1S/C19H19N5O2S/c1-14-3-8-18(25-2)17(13-14)24-19(21-22-23-24)27-12-11-26-16-6-4-15(5-7-16)9-10-20/h3-8,13H,9,11-12H2,1-2H3. The molecule has 3 rings (SSSR count). The van der Waals surface area contributed by atoms with Gasteiger partial charge in [0.25, 0.3) is 0 Å². The van der Waals surface area contributed by atoms with E-state index in [0.717, 1.165) is 22.6 Å². The average molecular weight is 381 g/mol. The number of ether oxygens (including phenoxy) is 2. The molecule has 138 valence electrons. The second kappa shape index (κ2) is 9.05. The third kappa shape index (κ3) is 4.77. The SMILES string of the molecule is COc1ccc(C)cc1-n1nnnc1SCCOc1ccc(CC#N)cc1. The van der Waals surface area contributed by atoms with Gasteiger partial charge < -0.3 is 9.47 Å². The van der Waals surface area contributed by atoms with Crippen molar-refractivity contribution >= 4 is 11.8 Å². The molecular formula is C19H19N5O2S. The number of nitriles is 1. The second-order valence-electron chi connectivity index (χ2n) is 5.72. The molecule has 0 aliphatic rings. The van der Waals surface area contributed by atoms with Gasteiger partial charge in [0.1, 0.15) is 17.2 Å². The van der Waals surface area contributed by atoms with Crippen LogP contribution in [0.2, 0.25) is 0 Å². The summed E-state index contributed by atoms with van der Waals surface area (Å²) in [7, 11) is 1.63. The zero-order chi connectivity index (χ0) is 19.1. The van der Waals surface area contributed by atoms with Gasteiger partial charge in [0.15, 0.2) is 0 Å². The molecule has 0 amide bonds. The molecule has 0 saturated heterocycles. The molecule has 2 aromatic carbocycles. The van der Waals surface area contributed by atoms with Crippen molar-refractivity contribution in [1.82, 2.24) is 20.2 Å². The fourth-order valence-corrected chi connectivity index (χ4v) is 3.17. The molecule has 0 atom stereocenters. The Morgan fingerprint density at radius 2 is 2.00 bits per heavy atom. The fourth-order valence-electron chi connectivity index (χ4n) is 2.47. The highest BCUT2D eigenvalue weighted by Gasteiger charge is 2.13. The highest BCUT2D eigenvalue weighted by Crippen LogP contribution is 2.27. The van der Waals surface area contributed by atoms with E-state index in [0.29, 0.717) is 29.7 Å². The van der Waals surface area contributed by atoms with Crippen molar-refractivity contribution in [2.75, 3.05) is 19.5 Å². The first-order chi connectivity index (χ1) is 13.2. The largest absolute Gasteiger partial charge is 0.494 e. The molecule has 0 spiro atoms. The van der Waals surface area contributed by atoms with Crippen LogP contribution in [0, 0.1) is 18.3 Å². The molecule has 0 bridgehead atoms. The summed E-state index contributed by atoms with van der Waals surface area (Å²) in [6, 6.07) is 15.5. The summed E-state index contributed by atoms with van der Waals surface area (Å²) in [5, 5.41) is 21.3. The monoisotopic (exact) mass is 381 g/mol. The number of hydrogen-bond donors (Lipinski definition) is 0. The first-order valence-corrected chi connectivity index (χ1v) is 9.34. The molecule has 0 saturated carbocycles. The van der Waals surface area contributed by atoms with E-state index in [4.69, 9.17) is 14.7 Å². The van der Waals surface area contributed by atoms with E-state index in [2.05, 4.69) is 21.6 Å². The Kier molecular flexibility index (Phi) is 6.28. The number of hydrogen-bond acceptors (Lipinski definition) is 7. The first kappa shape index (κ1) is 18.7. The van der Waals surface area contributed by atoms with Crippen LogP contribution in [0.4, 0.5) is 0 Å².